The van der Waals surface area contributed by atoms with Crippen LogP contribution in [-0.4, -0.2) is 50.1 Å². The maximum atomic E-state index is 12.9. The minimum absolute atomic E-state index is 0.197. The van der Waals surface area contributed by atoms with Crippen LogP contribution in [0.4, 0.5) is 0 Å². The summed E-state index contributed by atoms with van der Waals surface area (Å²) in [6, 6.07) is 0. The van der Waals surface area contributed by atoms with Crippen LogP contribution in [0.1, 0.15) is 66.7 Å². The summed E-state index contributed by atoms with van der Waals surface area (Å²) in [5.41, 5.74) is -2.01. The van der Waals surface area contributed by atoms with Crippen molar-refractivity contribution in [3.05, 3.63) is 24.8 Å². The van der Waals surface area contributed by atoms with Gasteiger partial charge in [-0.2, -0.15) is 0 Å². The van der Waals surface area contributed by atoms with Crippen LogP contribution in [0.15, 0.2) is 24.8 Å². The Labute approximate surface area is 209 Å². The second-order valence-corrected chi connectivity index (χ2v) is 10.7. The molecule has 0 aliphatic heterocycles. The first-order valence-electron chi connectivity index (χ1n) is 12.6. The van der Waals surface area contributed by atoms with E-state index in [4.69, 9.17) is 9.47 Å². The van der Waals surface area contributed by atoms with E-state index in [0.717, 1.165) is 12.8 Å². The van der Waals surface area contributed by atoms with E-state index in [-0.39, 0.29) is 42.3 Å². The van der Waals surface area contributed by atoms with Crippen molar-refractivity contribution >= 4 is 23.8 Å². The molecule has 2 saturated carbocycles. The highest BCUT2D eigenvalue weighted by Crippen LogP contribution is 2.54. The van der Waals surface area contributed by atoms with Crippen molar-refractivity contribution in [2.24, 2.45) is 28.1 Å². The van der Waals surface area contributed by atoms with E-state index in [0.29, 0.717) is 37.9 Å². The van der Waals surface area contributed by atoms with Gasteiger partial charge < -0.3 is 20.1 Å². The number of allylic oxidation sites excluding steroid dienone is 1. The zero-order valence-electron chi connectivity index (χ0n) is 22.0. The maximum absolute atomic E-state index is 12.9. The average molecular weight is 491 g/mol. The number of esters is 2. The van der Waals surface area contributed by atoms with Gasteiger partial charge in [0.2, 0.25) is 11.8 Å². The first-order valence-corrected chi connectivity index (χ1v) is 12.6. The van der Waals surface area contributed by atoms with Crippen molar-refractivity contribution < 1.29 is 28.7 Å². The third-order valence-corrected chi connectivity index (χ3v) is 7.31. The van der Waals surface area contributed by atoms with E-state index < -0.39 is 22.8 Å². The number of hydrogen-bond acceptors (Lipinski definition) is 6. The molecule has 4 atom stereocenters. The molecular weight excluding hydrogens is 448 g/mol. The summed E-state index contributed by atoms with van der Waals surface area (Å²) < 4.78 is 10.3. The number of amides is 2. The monoisotopic (exact) mass is 490 g/mol. The first kappa shape index (κ1) is 28.6. The van der Waals surface area contributed by atoms with Gasteiger partial charge >= 0.3 is 11.9 Å². The molecule has 2 amide bonds. The molecule has 8 nitrogen and oxygen atoms in total. The minimum atomic E-state index is -1.25. The first-order chi connectivity index (χ1) is 16.4. The largest absolute Gasteiger partial charge is 0.465 e. The van der Waals surface area contributed by atoms with E-state index >= 15 is 0 Å². The van der Waals surface area contributed by atoms with Crippen LogP contribution in [-0.2, 0) is 28.7 Å². The SMILES string of the molecule is C=CC1CC1(C(=O)NCC(C)(C)CC(C)CCNC(=O)C1(C(=O)OCC)CCC1=C)C(=O)OCC. The Hall–Kier alpha value is -2.64. The smallest absolute Gasteiger partial charge is 0.325 e. The van der Waals surface area contributed by atoms with Crippen molar-refractivity contribution in [2.75, 3.05) is 26.3 Å². The number of rotatable bonds is 14. The maximum Gasteiger partial charge on any atom is 0.325 e. The van der Waals surface area contributed by atoms with Gasteiger partial charge in [-0.05, 0) is 57.3 Å². The second kappa shape index (κ2) is 11.4. The Morgan fingerprint density at radius 1 is 1.11 bits per heavy atom. The lowest BCUT2D eigenvalue weighted by Gasteiger charge is -2.40. The molecule has 0 saturated heterocycles. The molecule has 0 aromatic heterocycles. The Morgan fingerprint density at radius 2 is 1.74 bits per heavy atom. The van der Waals surface area contributed by atoms with Crippen LogP contribution in [0.25, 0.3) is 0 Å². The Morgan fingerprint density at radius 3 is 2.23 bits per heavy atom. The molecule has 2 N–H and O–H groups in total. The molecule has 0 aromatic rings. The number of nitrogens with one attached hydrogen (secondary N) is 2. The van der Waals surface area contributed by atoms with E-state index in [2.05, 4.69) is 44.6 Å². The zero-order valence-corrected chi connectivity index (χ0v) is 22.0. The third-order valence-electron chi connectivity index (χ3n) is 7.31. The lowest BCUT2D eigenvalue weighted by atomic mass is 9.64. The highest BCUT2D eigenvalue weighted by Gasteiger charge is 2.65. The number of carbonyl (C=O) groups excluding carboxylic acids is 4. The molecule has 4 unspecified atom stereocenters. The topological polar surface area (TPSA) is 111 Å². The summed E-state index contributed by atoms with van der Waals surface area (Å²) in [6.07, 6.45) is 4.67. The summed E-state index contributed by atoms with van der Waals surface area (Å²) in [7, 11) is 0. The van der Waals surface area contributed by atoms with Gasteiger partial charge in [0.1, 0.15) is 0 Å². The Kier molecular flexibility index (Phi) is 9.31. The zero-order chi connectivity index (χ0) is 26.4. The molecular formula is C27H42N2O6. The summed E-state index contributed by atoms with van der Waals surface area (Å²) in [5.74, 6) is -1.59. The number of hydrogen-bond donors (Lipinski definition) is 2. The molecule has 0 bridgehead atoms. The normalized spacial score (nSPS) is 26.1. The molecule has 8 heteroatoms. The van der Waals surface area contributed by atoms with Gasteiger partial charge in [0.15, 0.2) is 10.8 Å². The molecule has 2 aliphatic rings. The van der Waals surface area contributed by atoms with E-state index in [1.54, 1.807) is 19.9 Å². The molecule has 2 aliphatic carbocycles. The predicted octanol–water partition coefficient (Wildman–Crippen LogP) is 3.32. The summed E-state index contributed by atoms with van der Waals surface area (Å²) in [6.45, 7) is 18.6. The summed E-state index contributed by atoms with van der Waals surface area (Å²) in [4.78, 5) is 50.5. The molecule has 2 rings (SSSR count). The third kappa shape index (κ3) is 5.96. The molecule has 0 radical (unpaired) electrons. The quantitative estimate of drug-likeness (QED) is 0.220. The van der Waals surface area contributed by atoms with Crippen LogP contribution in [0.3, 0.4) is 0 Å². The lowest BCUT2D eigenvalue weighted by Crippen LogP contribution is -2.53. The number of carbonyl (C=O) groups is 4. The van der Waals surface area contributed by atoms with E-state index in [1.165, 1.54) is 0 Å². The van der Waals surface area contributed by atoms with Gasteiger partial charge in [-0.25, -0.2) is 0 Å². The van der Waals surface area contributed by atoms with Gasteiger partial charge in [-0.3, -0.25) is 19.2 Å². The molecule has 0 heterocycles. The standard InChI is InChI=1S/C27H42N2O6/c1-8-20-16-27(20,24(33)35-10-3)22(31)29-17-25(6,7)15-18(4)12-14-28-21(30)26(13-11-19(26)5)23(32)34-9-2/h8,18,20H,1,5,9-17H2,2-4,6-7H3,(H,28,30)(H,29,31). The Balaban J connectivity index is 1.83. The van der Waals surface area contributed by atoms with Crippen LogP contribution in [0.5, 0.6) is 0 Å². The van der Waals surface area contributed by atoms with Crippen LogP contribution in [0, 0.1) is 28.1 Å². The van der Waals surface area contributed by atoms with E-state index in [9.17, 15) is 19.2 Å². The lowest BCUT2D eigenvalue weighted by molar-refractivity contribution is -0.162. The Bertz CT molecular complexity index is 866. The van der Waals surface area contributed by atoms with Crippen LogP contribution in [0.2, 0.25) is 0 Å². The molecule has 0 aromatic carbocycles. The highest BCUT2D eigenvalue weighted by atomic mass is 16.5. The van der Waals surface area contributed by atoms with Gasteiger partial charge in [-0.1, -0.05) is 39.0 Å². The van der Waals surface area contributed by atoms with Crippen molar-refractivity contribution in [3.63, 3.8) is 0 Å². The molecule has 0 spiro atoms. The van der Waals surface area contributed by atoms with Gasteiger partial charge in [0, 0.05) is 19.0 Å². The fourth-order valence-corrected chi connectivity index (χ4v) is 5.02. The summed E-state index contributed by atoms with van der Waals surface area (Å²) >= 11 is 0. The van der Waals surface area contributed by atoms with Crippen molar-refractivity contribution in [1.29, 1.82) is 0 Å². The molecule has 35 heavy (non-hydrogen) atoms. The summed E-state index contributed by atoms with van der Waals surface area (Å²) in [5, 5.41) is 5.85. The minimum Gasteiger partial charge on any atom is -0.465 e. The van der Waals surface area contributed by atoms with E-state index in [1.807, 2.05) is 0 Å². The van der Waals surface area contributed by atoms with Gasteiger partial charge in [-0.15, -0.1) is 6.58 Å². The highest BCUT2D eigenvalue weighted by molar-refractivity contribution is 6.07. The predicted molar refractivity (Wildman–Crippen MR) is 133 cm³/mol. The second-order valence-electron chi connectivity index (χ2n) is 10.7. The van der Waals surface area contributed by atoms with Crippen molar-refractivity contribution in [2.45, 2.75) is 66.7 Å². The van der Waals surface area contributed by atoms with Crippen molar-refractivity contribution in [1.82, 2.24) is 10.6 Å². The van der Waals surface area contributed by atoms with Crippen LogP contribution >= 0.6 is 0 Å². The molecule has 196 valence electrons. The average Bonchev–Trinajstić information content (AvgIpc) is 3.53. The van der Waals surface area contributed by atoms with Crippen molar-refractivity contribution in [3.8, 4) is 0 Å². The molecule has 2 fully saturated rings. The number of ether oxygens (including phenoxy) is 2. The van der Waals surface area contributed by atoms with Gasteiger partial charge in [0.25, 0.3) is 0 Å². The fourth-order valence-electron chi connectivity index (χ4n) is 5.02. The fraction of sp³-hybridized carbons (Fsp3) is 0.704. The van der Waals surface area contributed by atoms with Gasteiger partial charge in [0.05, 0.1) is 13.2 Å². The van der Waals surface area contributed by atoms with Crippen LogP contribution < -0.4 is 10.6 Å².